The van der Waals surface area contributed by atoms with E-state index in [1.54, 1.807) is 4.90 Å². The van der Waals surface area contributed by atoms with E-state index in [1.165, 1.54) is 25.3 Å². The highest BCUT2D eigenvalue weighted by atomic mass is 19.4. The fraction of sp³-hybridized carbons (Fsp3) is 0.650. The fourth-order valence-corrected chi connectivity index (χ4v) is 4.45. The van der Waals surface area contributed by atoms with E-state index in [4.69, 9.17) is 5.73 Å². The SMILES string of the molecule is CN(C(=O)Cc1ccc(C(F)(F)F)cc1N)[C@@H]1CCCC[C@H]1N1CCCC1. The number of likely N-dealkylation sites (N-methyl/N-ethyl adjacent to an activating group) is 1. The van der Waals surface area contributed by atoms with E-state index >= 15 is 0 Å². The van der Waals surface area contributed by atoms with E-state index in [-0.39, 0.29) is 24.1 Å². The lowest BCUT2D eigenvalue weighted by atomic mass is 9.88. The van der Waals surface area contributed by atoms with Crippen LogP contribution >= 0.6 is 0 Å². The van der Waals surface area contributed by atoms with Crippen molar-refractivity contribution in [3.8, 4) is 0 Å². The third-order valence-electron chi connectivity index (χ3n) is 6.01. The van der Waals surface area contributed by atoms with Crippen LogP contribution < -0.4 is 5.73 Å². The maximum absolute atomic E-state index is 12.8. The highest BCUT2D eigenvalue weighted by Gasteiger charge is 2.36. The van der Waals surface area contributed by atoms with Crippen LogP contribution in [0.1, 0.15) is 49.7 Å². The molecular formula is C20H28F3N3O. The minimum Gasteiger partial charge on any atom is -0.398 e. The van der Waals surface area contributed by atoms with E-state index in [0.29, 0.717) is 11.6 Å². The molecule has 27 heavy (non-hydrogen) atoms. The Morgan fingerprint density at radius 3 is 2.48 bits per heavy atom. The van der Waals surface area contributed by atoms with Crippen molar-refractivity contribution >= 4 is 11.6 Å². The summed E-state index contributed by atoms with van der Waals surface area (Å²) in [6.45, 7) is 2.18. The van der Waals surface area contributed by atoms with Crippen molar-refractivity contribution < 1.29 is 18.0 Å². The van der Waals surface area contributed by atoms with Crippen LogP contribution in [0.5, 0.6) is 0 Å². The minimum absolute atomic E-state index is 0.0197. The number of amides is 1. The second kappa shape index (κ2) is 8.09. The third-order valence-corrected chi connectivity index (χ3v) is 6.01. The first-order valence-electron chi connectivity index (χ1n) is 9.72. The molecule has 1 saturated carbocycles. The number of halogens is 3. The second-order valence-corrected chi connectivity index (χ2v) is 7.76. The van der Waals surface area contributed by atoms with Crippen LogP contribution in [0.3, 0.4) is 0 Å². The largest absolute Gasteiger partial charge is 0.416 e. The molecule has 7 heteroatoms. The summed E-state index contributed by atoms with van der Waals surface area (Å²) in [4.78, 5) is 17.1. The number of benzene rings is 1. The summed E-state index contributed by atoms with van der Waals surface area (Å²) in [7, 11) is 1.82. The minimum atomic E-state index is -4.43. The molecule has 1 aliphatic carbocycles. The molecule has 0 bridgehead atoms. The predicted octanol–water partition coefficient (Wildman–Crippen LogP) is 3.70. The number of likely N-dealkylation sites (tertiary alicyclic amines) is 1. The zero-order chi connectivity index (χ0) is 19.6. The van der Waals surface area contributed by atoms with Gasteiger partial charge in [-0.1, -0.05) is 18.9 Å². The topological polar surface area (TPSA) is 49.6 Å². The molecule has 1 aliphatic heterocycles. The molecule has 4 nitrogen and oxygen atoms in total. The Bertz CT molecular complexity index is 671. The summed E-state index contributed by atoms with van der Waals surface area (Å²) in [5.74, 6) is -0.0856. The van der Waals surface area contributed by atoms with Gasteiger partial charge in [-0.05, 0) is 56.5 Å². The van der Waals surface area contributed by atoms with E-state index in [1.807, 2.05) is 7.05 Å². The van der Waals surface area contributed by atoms with Crippen molar-refractivity contribution in [1.82, 2.24) is 9.80 Å². The summed E-state index contributed by atoms with van der Waals surface area (Å²) in [5, 5.41) is 0. The first-order chi connectivity index (χ1) is 12.8. The van der Waals surface area contributed by atoms with Crippen LogP contribution in [0.25, 0.3) is 0 Å². The molecule has 2 aliphatic rings. The summed E-state index contributed by atoms with van der Waals surface area (Å²) in [5.41, 5.74) is 5.48. The van der Waals surface area contributed by atoms with E-state index < -0.39 is 11.7 Å². The average Bonchev–Trinajstić information content (AvgIpc) is 3.16. The number of rotatable bonds is 4. The number of anilines is 1. The molecule has 1 aromatic rings. The molecule has 2 fully saturated rings. The number of alkyl halides is 3. The molecule has 150 valence electrons. The molecule has 0 radical (unpaired) electrons. The number of nitrogen functional groups attached to an aromatic ring is 1. The maximum atomic E-state index is 12.8. The number of carbonyl (C=O) groups excluding carboxylic acids is 1. The van der Waals surface area contributed by atoms with Crippen LogP contribution in [0.4, 0.5) is 18.9 Å². The molecule has 1 saturated heterocycles. The number of hydrogen-bond donors (Lipinski definition) is 1. The van der Waals surface area contributed by atoms with Crippen LogP contribution in [-0.4, -0.2) is 47.9 Å². The zero-order valence-electron chi connectivity index (χ0n) is 15.8. The lowest BCUT2D eigenvalue weighted by Crippen LogP contribution is -2.53. The Kier molecular flexibility index (Phi) is 5.99. The molecule has 2 N–H and O–H groups in total. The number of hydrogen-bond acceptors (Lipinski definition) is 3. The smallest absolute Gasteiger partial charge is 0.398 e. The van der Waals surface area contributed by atoms with Crippen LogP contribution in [-0.2, 0) is 17.4 Å². The molecule has 0 aromatic heterocycles. The summed E-state index contributed by atoms with van der Waals surface area (Å²) in [6, 6.07) is 3.78. The predicted molar refractivity (Wildman–Crippen MR) is 99.2 cm³/mol. The van der Waals surface area contributed by atoms with Gasteiger partial charge in [0.1, 0.15) is 0 Å². The van der Waals surface area contributed by atoms with Gasteiger partial charge >= 0.3 is 6.18 Å². The van der Waals surface area contributed by atoms with Crippen molar-refractivity contribution in [3.05, 3.63) is 29.3 Å². The number of nitrogens with zero attached hydrogens (tertiary/aromatic N) is 2. The van der Waals surface area contributed by atoms with E-state index in [2.05, 4.69) is 4.90 Å². The molecule has 1 aromatic carbocycles. The van der Waals surface area contributed by atoms with Gasteiger partial charge in [-0.3, -0.25) is 9.69 Å². The van der Waals surface area contributed by atoms with Crippen molar-refractivity contribution in [2.24, 2.45) is 0 Å². The average molecular weight is 383 g/mol. The monoisotopic (exact) mass is 383 g/mol. The van der Waals surface area contributed by atoms with Gasteiger partial charge in [0.25, 0.3) is 0 Å². The van der Waals surface area contributed by atoms with Gasteiger partial charge in [0.2, 0.25) is 5.91 Å². The normalized spacial score (nSPS) is 24.1. The first kappa shape index (κ1) is 20.0. The Hall–Kier alpha value is -1.76. The lowest BCUT2D eigenvalue weighted by Gasteiger charge is -2.42. The zero-order valence-corrected chi connectivity index (χ0v) is 15.8. The Labute approximate surface area is 158 Å². The first-order valence-corrected chi connectivity index (χ1v) is 9.72. The van der Waals surface area contributed by atoms with Crippen molar-refractivity contribution in [1.29, 1.82) is 0 Å². The lowest BCUT2D eigenvalue weighted by molar-refractivity contribution is -0.137. The summed E-state index contributed by atoms with van der Waals surface area (Å²) in [6.07, 6.45) is 2.39. The van der Waals surface area contributed by atoms with Gasteiger partial charge < -0.3 is 10.6 Å². The standard InChI is InChI=1S/C20H28F3N3O/c1-25(17-6-2-3-7-18(17)26-10-4-5-11-26)19(27)12-14-8-9-15(13-16(14)24)20(21,22)23/h8-9,13,17-18H,2-7,10-12,24H2,1H3/t17-,18-/m1/s1. The van der Waals surface area contributed by atoms with Crippen LogP contribution in [0, 0.1) is 0 Å². The van der Waals surface area contributed by atoms with Crippen molar-refractivity contribution in [3.63, 3.8) is 0 Å². The van der Waals surface area contributed by atoms with Gasteiger partial charge in [0.05, 0.1) is 12.0 Å². The molecular weight excluding hydrogens is 355 g/mol. The summed E-state index contributed by atoms with van der Waals surface area (Å²) < 4.78 is 38.4. The maximum Gasteiger partial charge on any atom is 0.416 e. The third kappa shape index (κ3) is 4.57. The number of nitrogens with two attached hydrogens (primary N) is 1. The number of carbonyl (C=O) groups is 1. The molecule has 0 spiro atoms. The Morgan fingerprint density at radius 1 is 1.19 bits per heavy atom. The molecule has 2 atom stereocenters. The van der Waals surface area contributed by atoms with E-state index in [9.17, 15) is 18.0 Å². The van der Waals surface area contributed by atoms with Gasteiger partial charge in [-0.15, -0.1) is 0 Å². The van der Waals surface area contributed by atoms with Crippen molar-refractivity contribution in [2.75, 3.05) is 25.9 Å². The second-order valence-electron chi connectivity index (χ2n) is 7.76. The Morgan fingerprint density at radius 2 is 1.85 bits per heavy atom. The molecule has 0 unspecified atom stereocenters. The molecule has 1 amide bonds. The van der Waals surface area contributed by atoms with Gasteiger partial charge in [0.15, 0.2) is 0 Å². The fourth-order valence-electron chi connectivity index (χ4n) is 4.45. The molecule has 3 rings (SSSR count). The quantitative estimate of drug-likeness (QED) is 0.807. The van der Waals surface area contributed by atoms with Crippen LogP contribution in [0.2, 0.25) is 0 Å². The molecule has 1 heterocycles. The highest BCUT2D eigenvalue weighted by Crippen LogP contribution is 2.32. The van der Waals surface area contributed by atoms with Crippen molar-refractivity contribution in [2.45, 2.75) is 63.2 Å². The van der Waals surface area contributed by atoms with Gasteiger partial charge in [-0.25, -0.2) is 0 Å². The van der Waals surface area contributed by atoms with Gasteiger partial charge in [-0.2, -0.15) is 13.2 Å². The van der Waals surface area contributed by atoms with E-state index in [0.717, 1.165) is 44.5 Å². The summed E-state index contributed by atoms with van der Waals surface area (Å²) >= 11 is 0. The highest BCUT2D eigenvalue weighted by molar-refractivity contribution is 5.80. The van der Waals surface area contributed by atoms with Gasteiger partial charge in [0, 0.05) is 24.8 Å². The Balaban J connectivity index is 1.69. The van der Waals surface area contributed by atoms with Crippen LogP contribution in [0.15, 0.2) is 18.2 Å².